The van der Waals surface area contributed by atoms with Crippen LogP contribution in [0.1, 0.15) is 22.7 Å². The maximum Gasteiger partial charge on any atom is 0.223 e. The van der Waals surface area contributed by atoms with Gasteiger partial charge in [0.2, 0.25) is 11.7 Å². The number of hydrogen-bond donors (Lipinski definition) is 0. The molecular weight excluding hydrogens is 304 g/mol. The van der Waals surface area contributed by atoms with Crippen molar-refractivity contribution in [3.8, 4) is 17.2 Å². The minimum absolute atomic E-state index is 0.524. The van der Waals surface area contributed by atoms with Crippen LogP contribution in [0.25, 0.3) is 28.2 Å². The predicted molar refractivity (Wildman–Crippen MR) is 88.9 cm³/mol. The van der Waals surface area contributed by atoms with Crippen LogP contribution in [0, 0.1) is 27.7 Å². The topological polar surface area (TPSA) is 82.5 Å². The first-order chi connectivity index (χ1) is 11.5. The third kappa shape index (κ3) is 2.17. The second-order valence-corrected chi connectivity index (χ2v) is 5.78. The maximum absolute atomic E-state index is 5.05. The highest BCUT2D eigenvalue weighted by atomic mass is 16.5. The van der Waals surface area contributed by atoms with E-state index in [-0.39, 0.29) is 0 Å². The molecule has 0 spiro atoms. The van der Waals surface area contributed by atoms with E-state index in [1.807, 2.05) is 25.3 Å². The van der Waals surface area contributed by atoms with Crippen molar-refractivity contribution < 1.29 is 4.52 Å². The van der Waals surface area contributed by atoms with Gasteiger partial charge in [-0.3, -0.25) is 0 Å². The fraction of sp³-hybridized carbons (Fsp3) is 0.235. The number of aromatic nitrogens is 6. The minimum atomic E-state index is 0.524. The second kappa shape index (κ2) is 5.23. The van der Waals surface area contributed by atoms with Crippen molar-refractivity contribution in [1.29, 1.82) is 0 Å². The van der Waals surface area contributed by atoms with Gasteiger partial charge in [0, 0.05) is 29.8 Å². The van der Waals surface area contributed by atoms with Gasteiger partial charge >= 0.3 is 0 Å². The Hall–Kier alpha value is -3.09. The summed E-state index contributed by atoms with van der Waals surface area (Å²) < 4.78 is 6.79. The van der Waals surface area contributed by atoms with Crippen molar-refractivity contribution >= 4 is 11.0 Å². The van der Waals surface area contributed by atoms with E-state index in [4.69, 9.17) is 4.52 Å². The molecule has 4 aromatic rings. The maximum atomic E-state index is 5.05. The summed E-state index contributed by atoms with van der Waals surface area (Å²) in [5.74, 6) is 1.72. The van der Waals surface area contributed by atoms with Crippen LogP contribution in [0.5, 0.6) is 0 Å². The lowest BCUT2D eigenvalue weighted by Crippen LogP contribution is -2.02. The molecule has 0 fully saturated rings. The van der Waals surface area contributed by atoms with Crippen LogP contribution in [-0.2, 0) is 0 Å². The Balaban J connectivity index is 1.89. The highest BCUT2D eigenvalue weighted by molar-refractivity contribution is 5.81. The molecule has 0 aliphatic heterocycles. The van der Waals surface area contributed by atoms with Gasteiger partial charge in [0.25, 0.3) is 0 Å². The molecule has 4 rings (SSSR count). The van der Waals surface area contributed by atoms with Crippen LogP contribution < -0.4 is 0 Å². The van der Waals surface area contributed by atoms with Gasteiger partial charge in [0.05, 0.1) is 6.20 Å². The molecule has 120 valence electrons. The Bertz CT molecular complexity index is 1060. The number of pyridine rings is 2. The Labute approximate surface area is 138 Å². The molecule has 0 aliphatic carbocycles. The lowest BCUT2D eigenvalue weighted by Gasteiger charge is -2.07. The average Bonchev–Trinajstić information content (AvgIpc) is 3.19. The van der Waals surface area contributed by atoms with Gasteiger partial charge in [0.15, 0.2) is 11.5 Å². The summed E-state index contributed by atoms with van der Waals surface area (Å²) in [6, 6.07) is 3.72. The van der Waals surface area contributed by atoms with Crippen LogP contribution >= 0.6 is 0 Å². The van der Waals surface area contributed by atoms with Crippen LogP contribution in [0.3, 0.4) is 0 Å². The molecule has 24 heavy (non-hydrogen) atoms. The van der Waals surface area contributed by atoms with Crippen molar-refractivity contribution in [3.63, 3.8) is 0 Å². The molecule has 4 aromatic heterocycles. The highest BCUT2D eigenvalue weighted by Crippen LogP contribution is 2.24. The molecular formula is C17H16N6O. The Morgan fingerprint density at radius 3 is 2.62 bits per heavy atom. The third-order valence-electron chi connectivity index (χ3n) is 4.27. The number of aryl methyl sites for hydroxylation is 3. The molecule has 0 N–H and O–H groups in total. The van der Waals surface area contributed by atoms with Gasteiger partial charge in [-0.05, 0) is 44.0 Å². The molecule has 4 heterocycles. The SMILES string of the molecule is Cc1nc(-c2ccnc(-n3ncc4c(C)c(C)c(C)nc43)c2)no1. The summed E-state index contributed by atoms with van der Waals surface area (Å²) >= 11 is 0. The Morgan fingerprint density at radius 1 is 1.04 bits per heavy atom. The number of nitrogens with zero attached hydrogens (tertiary/aromatic N) is 6. The normalized spacial score (nSPS) is 11.3. The molecule has 0 aliphatic rings. The zero-order chi connectivity index (χ0) is 16.8. The van der Waals surface area contributed by atoms with E-state index in [9.17, 15) is 0 Å². The van der Waals surface area contributed by atoms with E-state index in [2.05, 4.69) is 39.1 Å². The third-order valence-corrected chi connectivity index (χ3v) is 4.27. The molecule has 7 nitrogen and oxygen atoms in total. The summed E-state index contributed by atoms with van der Waals surface area (Å²) in [5, 5.41) is 9.46. The van der Waals surface area contributed by atoms with E-state index in [0.29, 0.717) is 17.5 Å². The molecule has 0 bridgehead atoms. The van der Waals surface area contributed by atoms with Gasteiger partial charge in [0.1, 0.15) is 0 Å². The number of hydrogen-bond acceptors (Lipinski definition) is 6. The van der Waals surface area contributed by atoms with Crippen molar-refractivity contribution in [2.75, 3.05) is 0 Å². The minimum Gasteiger partial charge on any atom is -0.339 e. The van der Waals surface area contributed by atoms with Crippen LogP contribution in [0.2, 0.25) is 0 Å². The van der Waals surface area contributed by atoms with Crippen molar-refractivity contribution in [1.82, 2.24) is 29.9 Å². The zero-order valence-electron chi connectivity index (χ0n) is 13.9. The lowest BCUT2D eigenvalue weighted by molar-refractivity contribution is 0.394. The van der Waals surface area contributed by atoms with Crippen LogP contribution in [0.4, 0.5) is 0 Å². The van der Waals surface area contributed by atoms with Crippen molar-refractivity contribution in [3.05, 3.63) is 47.2 Å². The summed E-state index contributed by atoms with van der Waals surface area (Å²) in [5.41, 5.74) is 4.98. The molecule has 0 saturated heterocycles. The quantitative estimate of drug-likeness (QED) is 0.564. The molecule has 0 radical (unpaired) electrons. The van der Waals surface area contributed by atoms with Gasteiger partial charge in [-0.25, -0.2) is 9.97 Å². The first kappa shape index (κ1) is 14.5. The summed E-state index contributed by atoms with van der Waals surface area (Å²) in [6.07, 6.45) is 3.54. The van der Waals surface area contributed by atoms with Gasteiger partial charge in [-0.2, -0.15) is 14.8 Å². The molecule has 7 heteroatoms. The van der Waals surface area contributed by atoms with E-state index in [1.165, 1.54) is 11.1 Å². The second-order valence-electron chi connectivity index (χ2n) is 5.78. The predicted octanol–water partition coefficient (Wildman–Crippen LogP) is 3.10. The van der Waals surface area contributed by atoms with E-state index < -0.39 is 0 Å². The summed E-state index contributed by atoms with van der Waals surface area (Å²) in [6.45, 7) is 7.93. The van der Waals surface area contributed by atoms with Crippen molar-refractivity contribution in [2.45, 2.75) is 27.7 Å². The van der Waals surface area contributed by atoms with Gasteiger partial charge in [-0.15, -0.1) is 0 Å². The lowest BCUT2D eigenvalue weighted by atomic mass is 10.1. The smallest absolute Gasteiger partial charge is 0.223 e. The summed E-state index contributed by atoms with van der Waals surface area (Å²) in [7, 11) is 0. The molecule has 0 atom stereocenters. The molecule has 0 amide bonds. The highest BCUT2D eigenvalue weighted by Gasteiger charge is 2.14. The molecule has 0 aromatic carbocycles. The van der Waals surface area contributed by atoms with Gasteiger partial charge in [-0.1, -0.05) is 5.16 Å². The van der Waals surface area contributed by atoms with E-state index in [0.717, 1.165) is 22.3 Å². The fourth-order valence-corrected chi connectivity index (χ4v) is 2.69. The zero-order valence-corrected chi connectivity index (χ0v) is 13.9. The number of fused-ring (bicyclic) bond motifs is 1. The molecule has 0 unspecified atom stereocenters. The van der Waals surface area contributed by atoms with Crippen LogP contribution in [-0.4, -0.2) is 29.9 Å². The Morgan fingerprint density at radius 2 is 1.88 bits per heavy atom. The number of rotatable bonds is 2. The first-order valence-electron chi connectivity index (χ1n) is 7.63. The van der Waals surface area contributed by atoms with Crippen molar-refractivity contribution in [2.24, 2.45) is 0 Å². The van der Waals surface area contributed by atoms with E-state index >= 15 is 0 Å². The largest absolute Gasteiger partial charge is 0.339 e. The molecule has 0 saturated carbocycles. The standard InChI is InChI=1S/C17H16N6O/c1-9-10(2)14-8-19-23(17(14)20-11(9)3)15-7-13(5-6-18-15)16-21-12(4)24-22-16/h5-8H,1-4H3. The average molecular weight is 320 g/mol. The fourth-order valence-electron chi connectivity index (χ4n) is 2.69. The first-order valence-corrected chi connectivity index (χ1v) is 7.63. The van der Waals surface area contributed by atoms with Crippen LogP contribution in [0.15, 0.2) is 29.0 Å². The van der Waals surface area contributed by atoms with Gasteiger partial charge < -0.3 is 4.52 Å². The Kier molecular flexibility index (Phi) is 3.16. The van der Waals surface area contributed by atoms with E-state index in [1.54, 1.807) is 17.8 Å². The monoisotopic (exact) mass is 320 g/mol. The summed E-state index contributed by atoms with van der Waals surface area (Å²) in [4.78, 5) is 13.4.